The summed E-state index contributed by atoms with van der Waals surface area (Å²) in [6.07, 6.45) is 2.58. The van der Waals surface area contributed by atoms with Gasteiger partial charge < -0.3 is 5.32 Å². The molecule has 0 radical (unpaired) electrons. The molecular formula is C11H14BrN. The molecule has 1 heterocycles. The highest BCUT2D eigenvalue weighted by Crippen LogP contribution is 2.26. The molecule has 0 saturated carbocycles. The molecule has 13 heavy (non-hydrogen) atoms. The highest BCUT2D eigenvalue weighted by molar-refractivity contribution is 9.10. The Kier molecular flexibility index (Phi) is 2.70. The molecule has 1 nitrogen and oxygen atoms in total. The Morgan fingerprint density at radius 3 is 2.85 bits per heavy atom. The lowest BCUT2D eigenvalue weighted by molar-refractivity contribution is 0.647. The summed E-state index contributed by atoms with van der Waals surface area (Å²) in [6, 6.07) is 7.22. The molecule has 0 aliphatic carbocycles. The average Bonchev–Trinajstić information content (AvgIpc) is 2.53. The first kappa shape index (κ1) is 9.22. The average molecular weight is 240 g/mol. The molecular weight excluding hydrogens is 226 g/mol. The van der Waals surface area contributed by atoms with Crippen LogP contribution in [0.3, 0.4) is 0 Å². The molecule has 1 aliphatic heterocycles. The van der Waals surface area contributed by atoms with Crippen LogP contribution in [0, 0.1) is 6.92 Å². The highest BCUT2D eigenvalue weighted by atomic mass is 79.9. The van der Waals surface area contributed by atoms with Crippen molar-refractivity contribution < 1.29 is 0 Å². The molecule has 1 N–H and O–H groups in total. The quantitative estimate of drug-likeness (QED) is 0.794. The standard InChI is InChI=1S/C11H14BrN/c1-8-5-9(7-10(12)6-8)11-3-2-4-13-11/h5-7,11,13H,2-4H2,1H3/t11-/m0/s1. The second kappa shape index (κ2) is 3.81. The van der Waals surface area contributed by atoms with Crippen LogP contribution in [-0.2, 0) is 0 Å². The fourth-order valence-electron chi connectivity index (χ4n) is 1.93. The van der Waals surface area contributed by atoms with Crippen LogP contribution in [-0.4, -0.2) is 6.54 Å². The molecule has 2 heteroatoms. The number of benzene rings is 1. The van der Waals surface area contributed by atoms with Crippen LogP contribution in [0.2, 0.25) is 0 Å². The second-order valence-corrected chi connectivity index (χ2v) is 4.63. The van der Waals surface area contributed by atoms with Gasteiger partial charge in [0, 0.05) is 10.5 Å². The molecule has 0 spiro atoms. The lowest BCUT2D eigenvalue weighted by atomic mass is 10.0. The van der Waals surface area contributed by atoms with Crippen LogP contribution < -0.4 is 5.32 Å². The van der Waals surface area contributed by atoms with Gasteiger partial charge in [0.25, 0.3) is 0 Å². The molecule has 70 valence electrons. The van der Waals surface area contributed by atoms with Crippen LogP contribution in [0.4, 0.5) is 0 Å². The lowest BCUT2D eigenvalue weighted by Gasteiger charge is -2.11. The Morgan fingerprint density at radius 1 is 1.38 bits per heavy atom. The van der Waals surface area contributed by atoms with Gasteiger partial charge in [-0.2, -0.15) is 0 Å². The van der Waals surface area contributed by atoms with E-state index < -0.39 is 0 Å². The van der Waals surface area contributed by atoms with Crippen molar-refractivity contribution in [3.05, 3.63) is 33.8 Å². The molecule has 2 rings (SSSR count). The van der Waals surface area contributed by atoms with E-state index in [0.717, 1.165) is 6.54 Å². The van der Waals surface area contributed by atoms with Crippen molar-refractivity contribution in [3.63, 3.8) is 0 Å². The topological polar surface area (TPSA) is 12.0 Å². The van der Waals surface area contributed by atoms with Crippen LogP contribution >= 0.6 is 15.9 Å². The Balaban J connectivity index is 2.28. The van der Waals surface area contributed by atoms with Crippen molar-refractivity contribution in [2.75, 3.05) is 6.54 Å². The summed E-state index contributed by atoms with van der Waals surface area (Å²) >= 11 is 3.53. The minimum absolute atomic E-state index is 0.580. The summed E-state index contributed by atoms with van der Waals surface area (Å²) in [5.41, 5.74) is 2.75. The fourth-order valence-corrected chi connectivity index (χ4v) is 2.56. The number of halogens is 1. The fraction of sp³-hybridized carbons (Fsp3) is 0.455. The Labute approximate surface area is 87.7 Å². The van der Waals surface area contributed by atoms with Gasteiger partial charge in [-0.05, 0) is 49.6 Å². The number of aryl methyl sites for hydroxylation is 1. The van der Waals surface area contributed by atoms with Gasteiger partial charge in [-0.3, -0.25) is 0 Å². The van der Waals surface area contributed by atoms with Gasteiger partial charge in [0.2, 0.25) is 0 Å². The summed E-state index contributed by atoms with van der Waals surface area (Å²) < 4.78 is 1.19. The van der Waals surface area contributed by atoms with Crippen molar-refractivity contribution in [1.29, 1.82) is 0 Å². The predicted octanol–water partition coefficient (Wildman–Crippen LogP) is 3.18. The SMILES string of the molecule is Cc1cc(Br)cc([C@@H]2CCCN2)c1. The van der Waals surface area contributed by atoms with Crippen molar-refractivity contribution in [2.24, 2.45) is 0 Å². The number of hydrogen-bond donors (Lipinski definition) is 1. The number of rotatable bonds is 1. The molecule has 0 unspecified atom stereocenters. The first-order valence-corrected chi connectivity index (χ1v) is 5.55. The van der Waals surface area contributed by atoms with Gasteiger partial charge in [0.05, 0.1) is 0 Å². The third kappa shape index (κ3) is 2.12. The molecule has 0 aromatic heterocycles. The van der Waals surface area contributed by atoms with Crippen molar-refractivity contribution in [2.45, 2.75) is 25.8 Å². The maximum Gasteiger partial charge on any atom is 0.0321 e. The van der Waals surface area contributed by atoms with Gasteiger partial charge in [0.1, 0.15) is 0 Å². The molecule has 0 amide bonds. The minimum Gasteiger partial charge on any atom is -0.310 e. The predicted molar refractivity (Wildman–Crippen MR) is 58.9 cm³/mol. The van der Waals surface area contributed by atoms with Gasteiger partial charge in [0.15, 0.2) is 0 Å². The minimum atomic E-state index is 0.580. The van der Waals surface area contributed by atoms with E-state index in [0.29, 0.717) is 6.04 Å². The Hall–Kier alpha value is -0.340. The third-order valence-electron chi connectivity index (χ3n) is 2.53. The van der Waals surface area contributed by atoms with Gasteiger partial charge in [-0.15, -0.1) is 0 Å². The monoisotopic (exact) mass is 239 g/mol. The van der Waals surface area contributed by atoms with Gasteiger partial charge >= 0.3 is 0 Å². The van der Waals surface area contributed by atoms with Crippen LogP contribution in [0.5, 0.6) is 0 Å². The summed E-state index contributed by atoms with van der Waals surface area (Å²) in [5.74, 6) is 0. The van der Waals surface area contributed by atoms with Gasteiger partial charge in [-0.25, -0.2) is 0 Å². The zero-order valence-corrected chi connectivity index (χ0v) is 9.39. The summed E-state index contributed by atoms with van der Waals surface area (Å²) in [6.45, 7) is 3.30. The maximum absolute atomic E-state index is 3.53. The van der Waals surface area contributed by atoms with E-state index in [2.05, 4.69) is 46.4 Å². The first-order valence-electron chi connectivity index (χ1n) is 4.76. The first-order chi connectivity index (χ1) is 6.25. The van der Waals surface area contributed by atoms with Crippen LogP contribution in [0.15, 0.2) is 22.7 Å². The third-order valence-corrected chi connectivity index (χ3v) is 2.98. The zero-order chi connectivity index (χ0) is 9.26. The zero-order valence-electron chi connectivity index (χ0n) is 7.81. The highest BCUT2D eigenvalue weighted by Gasteiger charge is 2.16. The van der Waals surface area contributed by atoms with E-state index in [9.17, 15) is 0 Å². The van der Waals surface area contributed by atoms with Crippen LogP contribution in [0.1, 0.15) is 30.0 Å². The van der Waals surface area contributed by atoms with Crippen molar-refractivity contribution in [3.8, 4) is 0 Å². The normalized spacial score (nSPS) is 22.2. The molecule has 1 aromatic rings. The summed E-state index contributed by atoms with van der Waals surface area (Å²) in [7, 11) is 0. The van der Waals surface area contributed by atoms with E-state index in [1.165, 1.54) is 28.4 Å². The molecule has 1 aromatic carbocycles. The molecule has 1 saturated heterocycles. The van der Waals surface area contributed by atoms with E-state index in [1.54, 1.807) is 0 Å². The maximum atomic E-state index is 3.53. The van der Waals surface area contributed by atoms with E-state index in [4.69, 9.17) is 0 Å². The van der Waals surface area contributed by atoms with E-state index in [-0.39, 0.29) is 0 Å². The van der Waals surface area contributed by atoms with Gasteiger partial charge in [-0.1, -0.05) is 22.0 Å². The largest absolute Gasteiger partial charge is 0.310 e. The number of hydrogen-bond acceptors (Lipinski definition) is 1. The van der Waals surface area contributed by atoms with Crippen molar-refractivity contribution in [1.82, 2.24) is 5.32 Å². The molecule has 1 fully saturated rings. The van der Waals surface area contributed by atoms with Crippen LogP contribution in [0.25, 0.3) is 0 Å². The smallest absolute Gasteiger partial charge is 0.0321 e. The van der Waals surface area contributed by atoms with E-state index in [1.807, 2.05) is 0 Å². The molecule has 1 aliphatic rings. The second-order valence-electron chi connectivity index (χ2n) is 3.71. The summed E-state index contributed by atoms with van der Waals surface area (Å²) in [4.78, 5) is 0. The molecule has 0 bridgehead atoms. The van der Waals surface area contributed by atoms with Crippen molar-refractivity contribution >= 4 is 15.9 Å². The molecule has 1 atom stereocenters. The Morgan fingerprint density at radius 2 is 2.23 bits per heavy atom. The number of nitrogens with one attached hydrogen (secondary N) is 1. The lowest BCUT2D eigenvalue weighted by Crippen LogP contribution is -2.12. The summed E-state index contributed by atoms with van der Waals surface area (Å²) in [5, 5.41) is 3.51. The Bertz CT molecular complexity index is 283. The van der Waals surface area contributed by atoms with E-state index >= 15 is 0 Å².